The molecule has 64 valence electrons. The molecule has 1 nitrogen and oxygen atoms in total. The third kappa shape index (κ3) is 1.29. The van der Waals surface area contributed by atoms with Gasteiger partial charge in [-0.2, -0.15) is 0 Å². The summed E-state index contributed by atoms with van der Waals surface area (Å²) in [4.78, 5) is 0. The SMILES string of the molecule is CNCC1Cc2ccc(Br)cc21. The van der Waals surface area contributed by atoms with Crippen LogP contribution < -0.4 is 5.32 Å². The Kier molecular flexibility index (Phi) is 2.20. The second-order valence-corrected chi connectivity index (χ2v) is 4.22. The van der Waals surface area contributed by atoms with Gasteiger partial charge in [-0.05, 0) is 36.7 Å². The Bertz CT molecular complexity index is 296. The van der Waals surface area contributed by atoms with E-state index in [0.29, 0.717) is 0 Å². The Morgan fingerprint density at radius 3 is 3.17 bits per heavy atom. The summed E-state index contributed by atoms with van der Waals surface area (Å²) in [5, 5.41) is 3.21. The highest BCUT2D eigenvalue weighted by Gasteiger charge is 2.24. The normalized spacial score (nSPS) is 20.0. The highest BCUT2D eigenvalue weighted by atomic mass is 79.9. The first kappa shape index (κ1) is 8.27. The molecule has 1 N–H and O–H groups in total. The second-order valence-electron chi connectivity index (χ2n) is 3.30. The Labute approximate surface area is 81.3 Å². The van der Waals surface area contributed by atoms with Crippen molar-refractivity contribution < 1.29 is 0 Å². The zero-order chi connectivity index (χ0) is 8.55. The third-order valence-electron chi connectivity index (χ3n) is 2.46. The number of halogens is 1. The van der Waals surface area contributed by atoms with Crippen molar-refractivity contribution in [2.24, 2.45) is 0 Å². The van der Waals surface area contributed by atoms with Crippen molar-refractivity contribution in [3.05, 3.63) is 33.8 Å². The van der Waals surface area contributed by atoms with E-state index in [1.807, 2.05) is 7.05 Å². The Balaban J connectivity index is 2.22. The fraction of sp³-hybridized carbons (Fsp3) is 0.400. The molecule has 0 saturated carbocycles. The van der Waals surface area contributed by atoms with Crippen molar-refractivity contribution in [1.82, 2.24) is 5.32 Å². The van der Waals surface area contributed by atoms with Gasteiger partial charge in [-0.25, -0.2) is 0 Å². The lowest BCUT2D eigenvalue weighted by Crippen LogP contribution is -2.26. The predicted octanol–water partition coefficient (Wildman–Crippen LogP) is 2.31. The van der Waals surface area contributed by atoms with Crippen molar-refractivity contribution in [3.63, 3.8) is 0 Å². The minimum Gasteiger partial charge on any atom is -0.319 e. The number of likely N-dealkylation sites (N-methyl/N-ethyl adjacent to an activating group) is 1. The van der Waals surface area contributed by atoms with Gasteiger partial charge < -0.3 is 5.32 Å². The zero-order valence-electron chi connectivity index (χ0n) is 7.10. The van der Waals surface area contributed by atoms with Gasteiger partial charge in [0.25, 0.3) is 0 Å². The van der Waals surface area contributed by atoms with Gasteiger partial charge in [-0.1, -0.05) is 22.0 Å². The average molecular weight is 226 g/mol. The maximum absolute atomic E-state index is 3.49. The van der Waals surface area contributed by atoms with E-state index < -0.39 is 0 Å². The molecule has 1 unspecified atom stereocenters. The minimum absolute atomic E-state index is 0.738. The predicted molar refractivity (Wildman–Crippen MR) is 54.5 cm³/mol. The fourth-order valence-corrected chi connectivity index (χ4v) is 2.18. The first-order valence-electron chi connectivity index (χ1n) is 4.24. The summed E-state index contributed by atoms with van der Waals surface area (Å²) < 4.78 is 1.20. The van der Waals surface area contributed by atoms with Gasteiger partial charge in [0.15, 0.2) is 0 Å². The van der Waals surface area contributed by atoms with Crippen molar-refractivity contribution in [1.29, 1.82) is 0 Å². The van der Waals surface area contributed by atoms with E-state index in [1.54, 1.807) is 0 Å². The van der Waals surface area contributed by atoms with Crippen LogP contribution in [0.4, 0.5) is 0 Å². The van der Waals surface area contributed by atoms with Crippen LogP contribution in [0.1, 0.15) is 17.0 Å². The maximum atomic E-state index is 3.49. The maximum Gasteiger partial charge on any atom is 0.0178 e. The van der Waals surface area contributed by atoms with Gasteiger partial charge in [0, 0.05) is 16.9 Å². The number of rotatable bonds is 2. The Hall–Kier alpha value is -0.340. The van der Waals surface area contributed by atoms with Crippen LogP contribution in [0.3, 0.4) is 0 Å². The molecule has 1 aliphatic rings. The molecule has 0 spiro atoms. The van der Waals surface area contributed by atoms with E-state index in [0.717, 1.165) is 12.5 Å². The number of hydrogen-bond donors (Lipinski definition) is 1. The molecule has 2 rings (SSSR count). The summed E-state index contributed by atoms with van der Waals surface area (Å²) in [6.07, 6.45) is 1.24. The number of benzene rings is 1. The summed E-state index contributed by atoms with van der Waals surface area (Å²) in [5.74, 6) is 0.738. The third-order valence-corrected chi connectivity index (χ3v) is 2.96. The number of nitrogens with one attached hydrogen (secondary N) is 1. The fourth-order valence-electron chi connectivity index (χ4n) is 1.80. The lowest BCUT2D eigenvalue weighted by atomic mass is 9.78. The van der Waals surface area contributed by atoms with Gasteiger partial charge >= 0.3 is 0 Å². The second kappa shape index (κ2) is 3.19. The van der Waals surface area contributed by atoms with Crippen molar-refractivity contribution >= 4 is 15.9 Å². The van der Waals surface area contributed by atoms with E-state index in [9.17, 15) is 0 Å². The summed E-state index contributed by atoms with van der Waals surface area (Å²) in [5.41, 5.74) is 3.03. The zero-order valence-corrected chi connectivity index (χ0v) is 8.69. The Morgan fingerprint density at radius 1 is 1.58 bits per heavy atom. The van der Waals surface area contributed by atoms with E-state index in [1.165, 1.54) is 22.0 Å². The van der Waals surface area contributed by atoms with Gasteiger partial charge in [0.2, 0.25) is 0 Å². The molecule has 1 aromatic rings. The van der Waals surface area contributed by atoms with Crippen LogP contribution in [0.2, 0.25) is 0 Å². The molecule has 2 heteroatoms. The molecule has 1 aromatic carbocycles. The molecule has 0 aliphatic heterocycles. The molecule has 1 atom stereocenters. The van der Waals surface area contributed by atoms with Crippen LogP contribution >= 0.6 is 15.9 Å². The summed E-state index contributed by atoms with van der Waals surface area (Å²) in [6, 6.07) is 6.57. The van der Waals surface area contributed by atoms with Crippen LogP contribution in [-0.2, 0) is 6.42 Å². The highest BCUT2D eigenvalue weighted by molar-refractivity contribution is 9.10. The van der Waals surface area contributed by atoms with Crippen molar-refractivity contribution in [3.8, 4) is 0 Å². The largest absolute Gasteiger partial charge is 0.319 e. The van der Waals surface area contributed by atoms with E-state index in [2.05, 4.69) is 39.4 Å². The summed E-state index contributed by atoms with van der Waals surface area (Å²) in [7, 11) is 2.01. The smallest absolute Gasteiger partial charge is 0.0178 e. The molecule has 0 saturated heterocycles. The van der Waals surface area contributed by atoms with E-state index >= 15 is 0 Å². The van der Waals surface area contributed by atoms with Crippen LogP contribution in [0.25, 0.3) is 0 Å². The van der Waals surface area contributed by atoms with E-state index in [-0.39, 0.29) is 0 Å². The molecule has 0 bridgehead atoms. The van der Waals surface area contributed by atoms with Gasteiger partial charge in [-0.15, -0.1) is 0 Å². The lowest BCUT2D eigenvalue weighted by molar-refractivity contribution is 0.568. The molecule has 12 heavy (non-hydrogen) atoms. The number of fused-ring (bicyclic) bond motifs is 1. The molecule has 0 amide bonds. The molecule has 0 radical (unpaired) electrons. The van der Waals surface area contributed by atoms with E-state index in [4.69, 9.17) is 0 Å². The Morgan fingerprint density at radius 2 is 2.42 bits per heavy atom. The van der Waals surface area contributed by atoms with Gasteiger partial charge in [0.1, 0.15) is 0 Å². The van der Waals surface area contributed by atoms with Crippen LogP contribution in [0, 0.1) is 0 Å². The van der Waals surface area contributed by atoms with Gasteiger partial charge in [0.05, 0.1) is 0 Å². The minimum atomic E-state index is 0.738. The van der Waals surface area contributed by atoms with Crippen LogP contribution in [-0.4, -0.2) is 13.6 Å². The molecule has 0 aromatic heterocycles. The molecule has 0 fully saturated rings. The van der Waals surface area contributed by atoms with Crippen LogP contribution in [0.15, 0.2) is 22.7 Å². The summed E-state index contributed by atoms with van der Waals surface area (Å²) in [6.45, 7) is 1.10. The topological polar surface area (TPSA) is 12.0 Å². The first-order valence-corrected chi connectivity index (χ1v) is 5.03. The van der Waals surface area contributed by atoms with Crippen LogP contribution in [0.5, 0.6) is 0 Å². The summed E-state index contributed by atoms with van der Waals surface area (Å²) >= 11 is 3.49. The van der Waals surface area contributed by atoms with Gasteiger partial charge in [-0.3, -0.25) is 0 Å². The molecular formula is C10H12BrN. The number of hydrogen-bond acceptors (Lipinski definition) is 1. The monoisotopic (exact) mass is 225 g/mol. The first-order chi connectivity index (χ1) is 5.81. The van der Waals surface area contributed by atoms with Crippen molar-refractivity contribution in [2.75, 3.05) is 13.6 Å². The molecular weight excluding hydrogens is 214 g/mol. The quantitative estimate of drug-likeness (QED) is 0.815. The highest BCUT2D eigenvalue weighted by Crippen LogP contribution is 2.36. The standard InChI is InChI=1S/C10H12BrN/c1-12-6-8-4-7-2-3-9(11)5-10(7)8/h2-3,5,8,12H,4,6H2,1H3. The average Bonchev–Trinajstić information content (AvgIpc) is 2.05. The van der Waals surface area contributed by atoms with Crippen molar-refractivity contribution in [2.45, 2.75) is 12.3 Å². The molecule has 1 aliphatic carbocycles. The molecule has 0 heterocycles. The lowest BCUT2D eigenvalue weighted by Gasteiger charge is -2.30.